The summed E-state index contributed by atoms with van der Waals surface area (Å²) in [6.07, 6.45) is 2.19. The molecule has 1 amide bonds. The van der Waals surface area contributed by atoms with E-state index in [0.29, 0.717) is 35.6 Å². The maximum Gasteiger partial charge on any atom is 0.255 e. The first-order valence-electron chi connectivity index (χ1n) is 9.47. The summed E-state index contributed by atoms with van der Waals surface area (Å²) in [6, 6.07) is 5.67. The zero-order valence-electron chi connectivity index (χ0n) is 16.4. The summed E-state index contributed by atoms with van der Waals surface area (Å²) in [5.74, 6) is 1.44. The van der Waals surface area contributed by atoms with Crippen molar-refractivity contribution in [3.05, 3.63) is 23.8 Å². The lowest BCUT2D eigenvalue weighted by molar-refractivity contribution is 0.00190. The lowest BCUT2D eigenvalue weighted by atomic mass is 9.92. The molecule has 0 aliphatic carbocycles. The summed E-state index contributed by atoms with van der Waals surface area (Å²) < 4.78 is 16.2. The summed E-state index contributed by atoms with van der Waals surface area (Å²) in [7, 11) is 3.12. The number of rotatable bonds is 9. The summed E-state index contributed by atoms with van der Waals surface area (Å²) >= 11 is 0. The first-order valence-corrected chi connectivity index (χ1v) is 9.47. The number of para-hydroxylation sites is 1. The van der Waals surface area contributed by atoms with Crippen molar-refractivity contribution < 1.29 is 19.0 Å². The highest BCUT2D eigenvalue weighted by Crippen LogP contribution is 2.30. The van der Waals surface area contributed by atoms with Gasteiger partial charge in [0.2, 0.25) is 0 Å². The van der Waals surface area contributed by atoms with Gasteiger partial charge < -0.3 is 19.5 Å². The van der Waals surface area contributed by atoms with Crippen molar-refractivity contribution in [1.82, 2.24) is 10.2 Å². The summed E-state index contributed by atoms with van der Waals surface area (Å²) in [5.41, 5.74) is 0.497. The smallest absolute Gasteiger partial charge is 0.255 e. The van der Waals surface area contributed by atoms with Gasteiger partial charge >= 0.3 is 0 Å². The molecule has 26 heavy (non-hydrogen) atoms. The number of hydrogen-bond acceptors (Lipinski definition) is 5. The maximum absolute atomic E-state index is 12.8. The number of carbonyl (C=O) groups is 1. The Balaban J connectivity index is 2.11. The van der Waals surface area contributed by atoms with E-state index < -0.39 is 0 Å². The van der Waals surface area contributed by atoms with Gasteiger partial charge in [-0.1, -0.05) is 32.8 Å². The molecule has 1 aromatic carbocycles. The maximum atomic E-state index is 12.8. The van der Waals surface area contributed by atoms with Crippen molar-refractivity contribution in [2.45, 2.75) is 32.7 Å². The SMILES string of the molecule is CCC(CC)C(CNC(=O)c1cccc(OC)c1OC)N1CCOCC1. The van der Waals surface area contributed by atoms with Crippen LogP contribution in [-0.2, 0) is 4.74 Å². The van der Waals surface area contributed by atoms with Crippen LogP contribution in [-0.4, -0.2) is 63.9 Å². The average Bonchev–Trinajstić information content (AvgIpc) is 2.70. The summed E-state index contributed by atoms with van der Waals surface area (Å²) in [4.78, 5) is 15.2. The van der Waals surface area contributed by atoms with Gasteiger partial charge in [-0.05, 0) is 18.1 Å². The Hall–Kier alpha value is -1.79. The third-order valence-corrected chi connectivity index (χ3v) is 5.23. The highest BCUT2D eigenvalue weighted by molar-refractivity contribution is 5.97. The molecule has 1 unspecified atom stereocenters. The van der Waals surface area contributed by atoms with Crippen LogP contribution in [0.2, 0.25) is 0 Å². The molecule has 1 saturated heterocycles. The lowest BCUT2D eigenvalue weighted by Crippen LogP contribution is -2.52. The molecule has 1 aliphatic heterocycles. The Morgan fingerprint density at radius 1 is 1.19 bits per heavy atom. The van der Waals surface area contributed by atoms with E-state index in [1.54, 1.807) is 32.4 Å². The van der Waals surface area contributed by atoms with E-state index in [0.717, 1.165) is 39.1 Å². The number of nitrogens with zero attached hydrogens (tertiary/aromatic N) is 1. The number of benzene rings is 1. The molecule has 0 spiro atoms. The first kappa shape index (κ1) is 20.5. The van der Waals surface area contributed by atoms with E-state index in [4.69, 9.17) is 14.2 Å². The van der Waals surface area contributed by atoms with Crippen LogP contribution in [0, 0.1) is 5.92 Å². The van der Waals surface area contributed by atoms with Crippen LogP contribution in [0.4, 0.5) is 0 Å². The van der Waals surface area contributed by atoms with E-state index in [-0.39, 0.29) is 5.91 Å². The molecule has 1 aliphatic rings. The topological polar surface area (TPSA) is 60.0 Å². The minimum Gasteiger partial charge on any atom is -0.493 e. The summed E-state index contributed by atoms with van der Waals surface area (Å²) in [5, 5.41) is 3.11. The van der Waals surface area contributed by atoms with Crippen molar-refractivity contribution in [2.75, 3.05) is 47.1 Å². The van der Waals surface area contributed by atoms with Crippen molar-refractivity contribution in [3.8, 4) is 11.5 Å². The van der Waals surface area contributed by atoms with E-state index in [1.165, 1.54) is 0 Å². The molecule has 0 bridgehead atoms. The number of ether oxygens (including phenoxy) is 3. The molecule has 0 aromatic heterocycles. The Labute approximate surface area is 156 Å². The molecule has 1 aromatic rings. The van der Waals surface area contributed by atoms with E-state index in [9.17, 15) is 4.79 Å². The molecule has 1 N–H and O–H groups in total. The predicted octanol–water partition coefficient (Wildman–Crippen LogP) is 2.57. The summed E-state index contributed by atoms with van der Waals surface area (Å²) in [6.45, 7) is 8.40. The third kappa shape index (κ3) is 4.89. The first-order chi connectivity index (χ1) is 12.7. The highest BCUT2D eigenvalue weighted by Gasteiger charge is 2.28. The van der Waals surface area contributed by atoms with Crippen LogP contribution in [0.15, 0.2) is 18.2 Å². The molecule has 2 rings (SSSR count). The van der Waals surface area contributed by atoms with E-state index in [2.05, 4.69) is 24.1 Å². The van der Waals surface area contributed by atoms with Gasteiger partial charge in [-0.25, -0.2) is 0 Å². The fourth-order valence-corrected chi connectivity index (χ4v) is 3.69. The lowest BCUT2D eigenvalue weighted by Gasteiger charge is -2.38. The quantitative estimate of drug-likeness (QED) is 0.730. The molecule has 0 saturated carbocycles. The zero-order chi connectivity index (χ0) is 18.9. The standard InChI is InChI=1S/C20H32N2O4/c1-5-15(6-2)17(22-10-12-26-13-11-22)14-21-20(23)16-8-7-9-18(24-3)19(16)25-4/h7-9,15,17H,5-6,10-14H2,1-4H3,(H,21,23). The Morgan fingerprint density at radius 3 is 2.46 bits per heavy atom. The molecule has 146 valence electrons. The zero-order valence-corrected chi connectivity index (χ0v) is 16.4. The second-order valence-electron chi connectivity index (χ2n) is 6.54. The van der Waals surface area contributed by atoms with Crippen LogP contribution in [0.5, 0.6) is 11.5 Å². The minimum atomic E-state index is -0.134. The molecule has 1 heterocycles. The van der Waals surface area contributed by atoms with Gasteiger partial charge in [0.1, 0.15) is 0 Å². The van der Waals surface area contributed by atoms with Crippen LogP contribution in [0.25, 0.3) is 0 Å². The fraction of sp³-hybridized carbons (Fsp3) is 0.650. The van der Waals surface area contributed by atoms with Gasteiger partial charge in [0.15, 0.2) is 11.5 Å². The second-order valence-corrected chi connectivity index (χ2v) is 6.54. The van der Waals surface area contributed by atoms with Crippen molar-refractivity contribution in [2.24, 2.45) is 5.92 Å². The van der Waals surface area contributed by atoms with Crippen molar-refractivity contribution >= 4 is 5.91 Å². The Kier molecular flexibility index (Phi) is 8.19. The van der Waals surface area contributed by atoms with Crippen molar-refractivity contribution in [3.63, 3.8) is 0 Å². The number of amides is 1. The fourth-order valence-electron chi connectivity index (χ4n) is 3.69. The molecule has 6 nitrogen and oxygen atoms in total. The van der Waals surface area contributed by atoms with Crippen LogP contribution in [0.3, 0.4) is 0 Å². The minimum absolute atomic E-state index is 0.134. The molecule has 1 atom stereocenters. The monoisotopic (exact) mass is 364 g/mol. The van der Waals surface area contributed by atoms with E-state index >= 15 is 0 Å². The van der Waals surface area contributed by atoms with Gasteiger partial charge in [0, 0.05) is 25.7 Å². The van der Waals surface area contributed by atoms with Crippen molar-refractivity contribution in [1.29, 1.82) is 0 Å². The number of nitrogens with one attached hydrogen (secondary N) is 1. The van der Waals surface area contributed by atoms with Crippen LogP contribution >= 0.6 is 0 Å². The largest absolute Gasteiger partial charge is 0.493 e. The van der Waals surface area contributed by atoms with Crippen LogP contribution < -0.4 is 14.8 Å². The van der Waals surface area contributed by atoms with Crippen LogP contribution in [0.1, 0.15) is 37.0 Å². The average molecular weight is 364 g/mol. The second kappa shape index (κ2) is 10.4. The number of methoxy groups -OCH3 is 2. The van der Waals surface area contributed by atoms with E-state index in [1.807, 2.05) is 0 Å². The highest BCUT2D eigenvalue weighted by atomic mass is 16.5. The Morgan fingerprint density at radius 2 is 1.88 bits per heavy atom. The number of morpholine rings is 1. The van der Waals surface area contributed by atoms with Gasteiger partial charge in [0.25, 0.3) is 5.91 Å². The third-order valence-electron chi connectivity index (χ3n) is 5.23. The molecular weight excluding hydrogens is 332 g/mol. The van der Waals surface area contributed by atoms with Gasteiger partial charge in [0.05, 0.1) is 33.0 Å². The molecule has 6 heteroatoms. The number of hydrogen-bond donors (Lipinski definition) is 1. The van der Waals surface area contributed by atoms with Gasteiger partial charge in [-0.2, -0.15) is 0 Å². The van der Waals surface area contributed by atoms with Gasteiger partial charge in [-0.15, -0.1) is 0 Å². The normalized spacial score (nSPS) is 16.3. The molecule has 0 radical (unpaired) electrons. The van der Waals surface area contributed by atoms with Gasteiger partial charge in [-0.3, -0.25) is 9.69 Å². The number of carbonyl (C=O) groups excluding carboxylic acids is 1. The predicted molar refractivity (Wildman–Crippen MR) is 102 cm³/mol. The molecule has 1 fully saturated rings. The Bertz CT molecular complexity index is 569. The molecular formula is C20H32N2O4.